The van der Waals surface area contributed by atoms with E-state index in [4.69, 9.17) is 14.5 Å². The number of hydrogen-bond acceptors (Lipinski definition) is 5. The highest BCUT2D eigenvalue weighted by Gasteiger charge is 2.20. The highest BCUT2D eigenvalue weighted by molar-refractivity contribution is 7.18. The molecule has 1 aliphatic carbocycles. The lowest BCUT2D eigenvalue weighted by Gasteiger charge is -2.13. The smallest absolute Gasteiger partial charge is 0.260 e. The van der Waals surface area contributed by atoms with Gasteiger partial charge in [0.2, 0.25) is 0 Å². The molecule has 0 saturated heterocycles. The van der Waals surface area contributed by atoms with Gasteiger partial charge >= 0.3 is 0 Å². The normalized spacial score (nSPS) is 13.2. The maximum atomic E-state index is 13.1. The van der Waals surface area contributed by atoms with Gasteiger partial charge in [-0.1, -0.05) is 12.1 Å². The summed E-state index contributed by atoms with van der Waals surface area (Å²) in [5.74, 6) is 1.39. The standard InChI is InChI=1S/C25H23FN2O3S/c1-2-30-20-13-16(9-12-19(20)31-14-15-7-10-17(26)11-8-15)23-27-24(29)22-18-5-3-4-6-21(18)32-25(22)28-23/h7-13H,2-6,14H2,1H3,(H,27,28,29). The quantitative estimate of drug-likeness (QED) is 0.412. The Balaban J connectivity index is 1.47. The molecule has 164 valence electrons. The van der Waals surface area contributed by atoms with Crippen molar-refractivity contribution in [2.45, 2.75) is 39.2 Å². The number of hydrogen-bond donors (Lipinski definition) is 1. The molecule has 5 rings (SSSR count). The predicted octanol–water partition coefficient (Wildman–Crippen LogP) is 5.65. The number of aromatic amines is 1. The Morgan fingerprint density at radius 3 is 2.69 bits per heavy atom. The number of fused-ring (bicyclic) bond motifs is 3. The van der Waals surface area contributed by atoms with E-state index < -0.39 is 0 Å². The van der Waals surface area contributed by atoms with Crippen LogP contribution in [0.2, 0.25) is 0 Å². The summed E-state index contributed by atoms with van der Waals surface area (Å²) in [5, 5.41) is 0.748. The number of benzene rings is 2. The van der Waals surface area contributed by atoms with Crippen molar-refractivity contribution in [3.8, 4) is 22.9 Å². The van der Waals surface area contributed by atoms with E-state index in [9.17, 15) is 9.18 Å². The third-order valence-electron chi connectivity index (χ3n) is 5.65. The van der Waals surface area contributed by atoms with Crippen LogP contribution in [-0.4, -0.2) is 16.6 Å². The summed E-state index contributed by atoms with van der Waals surface area (Å²) in [6, 6.07) is 11.7. The molecule has 1 aliphatic rings. The van der Waals surface area contributed by atoms with Gasteiger partial charge in [0.05, 0.1) is 12.0 Å². The van der Waals surface area contributed by atoms with E-state index in [0.29, 0.717) is 30.5 Å². The monoisotopic (exact) mass is 450 g/mol. The summed E-state index contributed by atoms with van der Waals surface area (Å²) in [5.41, 5.74) is 2.71. The zero-order valence-corrected chi connectivity index (χ0v) is 18.6. The lowest BCUT2D eigenvalue weighted by molar-refractivity contribution is 0.269. The molecule has 32 heavy (non-hydrogen) atoms. The summed E-state index contributed by atoms with van der Waals surface area (Å²) in [7, 11) is 0. The van der Waals surface area contributed by atoms with Crippen molar-refractivity contribution in [2.24, 2.45) is 0 Å². The van der Waals surface area contributed by atoms with E-state index in [1.165, 1.54) is 29.0 Å². The molecule has 7 heteroatoms. The Labute approximate surface area is 188 Å². The fraction of sp³-hybridized carbons (Fsp3) is 0.280. The number of nitrogens with zero attached hydrogens (tertiary/aromatic N) is 1. The van der Waals surface area contributed by atoms with E-state index in [1.54, 1.807) is 23.5 Å². The molecule has 0 radical (unpaired) electrons. The number of aromatic nitrogens is 2. The maximum Gasteiger partial charge on any atom is 0.260 e. The van der Waals surface area contributed by atoms with E-state index >= 15 is 0 Å². The van der Waals surface area contributed by atoms with E-state index in [1.807, 2.05) is 25.1 Å². The minimum absolute atomic E-state index is 0.0843. The number of aryl methyl sites for hydroxylation is 2. The highest BCUT2D eigenvalue weighted by Crippen LogP contribution is 2.36. The Morgan fingerprint density at radius 2 is 1.88 bits per heavy atom. The molecule has 0 bridgehead atoms. The topological polar surface area (TPSA) is 64.2 Å². The van der Waals surface area contributed by atoms with Gasteiger partial charge in [-0.3, -0.25) is 4.79 Å². The number of halogens is 1. The lowest BCUT2D eigenvalue weighted by atomic mass is 9.97. The summed E-state index contributed by atoms with van der Waals surface area (Å²) in [6.45, 7) is 2.66. The number of rotatable bonds is 6. The molecule has 5 nitrogen and oxygen atoms in total. The van der Waals surface area contributed by atoms with Crippen molar-refractivity contribution in [2.75, 3.05) is 6.61 Å². The van der Waals surface area contributed by atoms with Crippen LogP contribution in [0.3, 0.4) is 0 Å². The summed E-state index contributed by atoms with van der Waals surface area (Å²) >= 11 is 1.63. The molecule has 0 aliphatic heterocycles. The Kier molecular flexibility index (Phi) is 5.66. The molecule has 0 saturated carbocycles. The minimum Gasteiger partial charge on any atom is -0.490 e. The first-order chi connectivity index (χ1) is 15.6. The zero-order valence-electron chi connectivity index (χ0n) is 17.7. The van der Waals surface area contributed by atoms with Gasteiger partial charge in [-0.05, 0) is 74.1 Å². The van der Waals surface area contributed by atoms with Crippen molar-refractivity contribution in [3.05, 3.63) is 74.6 Å². The summed E-state index contributed by atoms with van der Waals surface area (Å²) < 4.78 is 24.8. The average Bonchev–Trinajstić information content (AvgIpc) is 3.18. The number of nitrogens with one attached hydrogen (secondary N) is 1. The van der Waals surface area contributed by atoms with Gasteiger partial charge in [0.15, 0.2) is 11.5 Å². The van der Waals surface area contributed by atoms with Crippen molar-refractivity contribution in [1.82, 2.24) is 9.97 Å². The Bertz CT molecular complexity index is 1330. The number of thiophene rings is 1. The van der Waals surface area contributed by atoms with Gasteiger partial charge in [0, 0.05) is 10.4 Å². The third-order valence-corrected chi connectivity index (χ3v) is 6.84. The van der Waals surface area contributed by atoms with Crippen LogP contribution in [0, 0.1) is 5.82 Å². The summed E-state index contributed by atoms with van der Waals surface area (Å²) in [4.78, 5) is 22.7. The minimum atomic E-state index is -0.279. The van der Waals surface area contributed by atoms with Crippen LogP contribution in [-0.2, 0) is 19.4 Å². The van der Waals surface area contributed by atoms with E-state index in [2.05, 4.69) is 4.98 Å². The van der Waals surface area contributed by atoms with Crippen LogP contribution in [0.15, 0.2) is 47.3 Å². The van der Waals surface area contributed by atoms with Gasteiger partial charge < -0.3 is 14.5 Å². The molecule has 0 fully saturated rings. The van der Waals surface area contributed by atoms with Gasteiger partial charge in [-0.15, -0.1) is 11.3 Å². The van der Waals surface area contributed by atoms with Crippen molar-refractivity contribution < 1.29 is 13.9 Å². The number of ether oxygens (including phenoxy) is 2. The second-order valence-electron chi connectivity index (χ2n) is 7.82. The first kappa shape index (κ1) is 20.7. The molecular formula is C25H23FN2O3S. The molecule has 0 atom stereocenters. The van der Waals surface area contributed by atoms with Crippen LogP contribution in [0.1, 0.15) is 35.8 Å². The SMILES string of the molecule is CCOc1cc(-c2nc3sc4c(c3c(=O)[nH]2)CCCC4)ccc1OCc1ccc(F)cc1. The lowest BCUT2D eigenvalue weighted by Crippen LogP contribution is -2.11. The van der Waals surface area contributed by atoms with E-state index in [-0.39, 0.29) is 11.4 Å². The molecule has 2 heterocycles. The molecule has 1 N–H and O–H groups in total. The second-order valence-corrected chi connectivity index (χ2v) is 8.90. The van der Waals surface area contributed by atoms with Crippen molar-refractivity contribution in [1.29, 1.82) is 0 Å². The molecule has 0 unspecified atom stereocenters. The fourth-order valence-electron chi connectivity index (χ4n) is 4.09. The van der Waals surface area contributed by atoms with Crippen LogP contribution >= 0.6 is 11.3 Å². The first-order valence-corrected chi connectivity index (χ1v) is 11.6. The Hall–Kier alpha value is -3.19. The van der Waals surface area contributed by atoms with Crippen LogP contribution in [0.5, 0.6) is 11.5 Å². The van der Waals surface area contributed by atoms with Crippen LogP contribution in [0.25, 0.3) is 21.6 Å². The van der Waals surface area contributed by atoms with Crippen molar-refractivity contribution >= 4 is 21.6 Å². The third kappa shape index (κ3) is 4.00. The van der Waals surface area contributed by atoms with Gasteiger partial charge in [-0.2, -0.15) is 0 Å². The Morgan fingerprint density at radius 1 is 1.06 bits per heavy atom. The molecule has 2 aromatic heterocycles. The summed E-state index contributed by atoms with van der Waals surface area (Å²) in [6.07, 6.45) is 4.27. The first-order valence-electron chi connectivity index (χ1n) is 10.8. The largest absolute Gasteiger partial charge is 0.490 e. The second kappa shape index (κ2) is 8.74. The van der Waals surface area contributed by atoms with Gasteiger partial charge in [-0.25, -0.2) is 9.37 Å². The molecule has 2 aromatic carbocycles. The average molecular weight is 451 g/mol. The maximum absolute atomic E-state index is 13.1. The number of H-pyrrole nitrogens is 1. The molecular weight excluding hydrogens is 427 g/mol. The van der Waals surface area contributed by atoms with Gasteiger partial charge in [0.25, 0.3) is 5.56 Å². The van der Waals surface area contributed by atoms with Crippen LogP contribution in [0.4, 0.5) is 4.39 Å². The predicted molar refractivity (Wildman–Crippen MR) is 124 cm³/mol. The van der Waals surface area contributed by atoms with Gasteiger partial charge in [0.1, 0.15) is 23.1 Å². The highest BCUT2D eigenvalue weighted by atomic mass is 32.1. The molecule has 4 aromatic rings. The fourth-order valence-corrected chi connectivity index (χ4v) is 5.35. The van der Waals surface area contributed by atoms with E-state index in [0.717, 1.165) is 40.6 Å². The van der Waals surface area contributed by atoms with Crippen LogP contribution < -0.4 is 15.0 Å². The van der Waals surface area contributed by atoms with Crippen molar-refractivity contribution in [3.63, 3.8) is 0 Å². The molecule has 0 spiro atoms. The molecule has 0 amide bonds. The zero-order chi connectivity index (χ0) is 22.1.